The normalized spacial score (nSPS) is 11.3. The van der Waals surface area contributed by atoms with E-state index in [-0.39, 0.29) is 6.42 Å². The van der Waals surface area contributed by atoms with Crippen LogP contribution in [0.2, 0.25) is 0 Å². The van der Waals surface area contributed by atoms with E-state index in [0.29, 0.717) is 13.0 Å². The summed E-state index contributed by atoms with van der Waals surface area (Å²) in [5.74, 6) is 0.113. The number of carbonyl (C=O) groups is 1. The Morgan fingerprint density at radius 1 is 1.24 bits per heavy atom. The Balaban J connectivity index is 0.000000454. The van der Waals surface area contributed by atoms with Gasteiger partial charge >= 0.3 is 174 Å². The molecule has 5 nitrogen and oxygen atoms in total. The fourth-order valence-corrected chi connectivity index (χ4v) is 3.89. The van der Waals surface area contributed by atoms with Gasteiger partial charge < -0.3 is 12.0 Å². The molecule has 0 saturated heterocycles. The van der Waals surface area contributed by atoms with Gasteiger partial charge in [-0.2, -0.15) is 6.42 Å². The summed E-state index contributed by atoms with van der Waals surface area (Å²) in [6.45, 7) is 10.1. The van der Waals surface area contributed by atoms with Crippen molar-refractivity contribution in [1.29, 1.82) is 0 Å². The minimum atomic E-state index is -0.773. The van der Waals surface area contributed by atoms with Crippen molar-refractivity contribution in [2.24, 2.45) is 0 Å². The first kappa shape index (κ1) is 24.7. The van der Waals surface area contributed by atoms with E-state index in [2.05, 4.69) is 56.0 Å². The van der Waals surface area contributed by atoms with Crippen molar-refractivity contribution in [2.75, 3.05) is 18.0 Å². The maximum Gasteiger partial charge on any atom is 0.300 e. The molecule has 1 aliphatic rings. The van der Waals surface area contributed by atoms with E-state index in [1.54, 1.807) is 4.99 Å². The number of ether oxygens (including phenoxy) is 1. The number of aliphatic carboxylic acids is 1. The van der Waals surface area contributed by atoms with Gasteiger partial charge in [-0.25, -0.2) is 0 Å². The van der Waals surface area contributed by atoms with Crippen LogP contribution in [0.15, 0.2) is 48.5 Å². The molecule has 3 aromatic rings. The molecule has 6 heteroatoms. The number of fused-ring (bicyclic) bond motifs is 3. The van der Waals surface area contributed by atoms with Crippen molar-refractivity contribution in [3.05, 3.63) is 72.8 Å². The SMILES string of the molecule is CCN(CC)c1ccc2c(c1)OCc1cc(-c3[c-]cccc3)c([CH]=[Ni])nc1-2.[CH2-]CCC(=O)O. The number of carboxylic acids is 1. The van der Waals surface area contributed by atoms with E-state index in [0.717, 1.165) is 52.5 Å². The molecule has 0 radical (unpaired) electrons. The number of hydrogen-bond acceptors (Lipinski definition) is 4. The second-order valence-electron chi connectivity index (χ2n) is 7.44. The summed E-state index contributed by atoms with van der Waals surface area (Å²) in [7, 11) is 0. The van der Waals surface area contributed by atoms with Gasteiger partial charge in [-0.05, 0) is 0 Å². The summed E-state index contributed by atoms with van der Waals surface area (Å²) < 4.78 is 6.08. The van der Waals surface area contributed by atoms with Crippen LogP contribution in [0.25, 0.3) is 22.4 Å². The van der Waals surface area contributed by atoms with Crippen LogP contribution in [0.1, 0.15) is 37.9 Å². The quantitative estimate of drug-likeness (QED) is 0.361. The Morgan fingerprint density at radius 2 is 2.03 bits per heavy atom. The molecule has 176 valence electrons. The second-order valence-corrected chi connectivity index (χ2v) is 7.72. The second kappa shape index (κ2) is 11.8. The molecule has 1 aliphatic heterocycles. The smallest absolute Gasteiger partial charge is 0.300 e. The Morgan fingerprint density at radius 3 is 2.61 bits per heavy atom. The molecular weight excluding hydrogens is 459 g/mol. The number of hydrogen-bond donors (Lipinski definition) is 1. The van der Waals surface area contributed by atoms with Gasteiger partial charge in [0.25, 0.3) is 0 Å². The van der Waals surface area contributed by atoms with E-state index in [4.69, 9.17) is 29.9 Å². The average molecular weight is 487 g/mol. The molecule has 4 rings (SSSR count). The monoisotopic (exact) mass is 486 g/mol. The van der Waals surface area contributed by atoms with Gasteiger partial charge in [0.1, 0.15) is 0 Å². The van der Waals surface area contributed by atoms with Gasteiger partial charge in [-0.3, -0.25) is 4.79 Å². The molecule has 0 atom stereocenters. The first-order valence-electron chi connectivity index (χ1n) is 11.0. The van der Waals surface area contributed by atoms with Crippen molar-refractivity contribution < 1.29 is 29.7 Å². The number of nitrogens with zero attached hydrogens (tertiary/aromatic N) is 2. The molecule has 0 spiro atoms. The van der Waals surface area contributed by atoms with Crippen LogP contribution in [0.3, 0.4) is 0 Å². The molecule has 0 fully saturated rings. The number of benzene rings is 2. The molecule has 33 heavy (non-hydrogen) atoms. The largest absolute Gasteiger partial charge is 0.481 e. The van der Waals surface area contributed by atoms with Crippen molar-refractivity contribution >= 4 is 16.7 Å². The molecule has 0 unspecified atom stereocenters. The van der Waals surface area contributed by atoms with Crippen LogP contribution in [-0.2, 0) is 26.4 Å². The Labute approximate surface area is 203 Å². The zero-order valence-electron chi connectivity index (χ0n) is 18.9. The molecule has 0 saturated carbocycles. The molecule has 0 aliphatic carbocycles. The maximum atomic E-state index is 9.56. The Hall–Kier alpha value is -2.98. The van der Waals surface area contributed by atoms with E-state index in [1.807, 2.05) is 24.3 Å². The van der Waals surface area contributed by atoms with Crippen LogP contribution in [0.4, 0.5) is 5.69 Å². The molecule has 2 heterocycles. The number of aromatic nitrogens is 1. The molecule has 1 aromatic heterocycles. The van der Waals surface area contributed by atoms with Crippen LogP contribution < -0.4 is 9.64 Å². The third-order valence-electron chi connectivity index (χ3n) is 5.34. The zero-order valence-corrected chi connectivity index (χ0v) is 19.9. The first-order valence-corrected chi connectivity index (χ1v) is 11.5. The van der Waals surface area contributed by atoms with E-state index in [9.17, 15) is 4.79 Å². The Kier molecular flexibility index (Phi) is 8.79. The van der Waals surface area contributed by atoms with E-state index < -0.39 is 5.97 Å². The van der Waals surface area contributed by atoms with E-state index >= 15 is 0 Å². The molecule has 0 amide bonds. The first-order chi connectivity index (χ1) is 16.0. The summed E-state index contributed by atoms with van der Waals surface area (Å²) >= 11 is 4.93. The van der Waals surface area contributed by atoms with Crippen molar-refractivity contribution in [2.45, 2.75) is 33.3 Å². The molecule has 2 aromatic carbocycles. The summed E-state index contributed by atoms with van der Waals surface area (Å²) in [4.78, 5) is 18.5. The van der Waals surface area contributed by atoms with Crippen molar-refractivity contribution in [3.63, 3.8) is 0 Å². The minimum absolute atomic E-state index is 0.181. The molecule has 0 bridgehead atoms. The summed E-state index contributed by atoms with van der Waals surface area (Å²) in [5.41, 5.74) is 7.07. The fourth-order valence-electron chi connectivity index (χ4n) is 3.68. The average Bonchev–Trinajstić information content (AvgIpc) is 2.84. The van der Waals surface area contributed by atoms with Crippen molar-refractivity contribution in [1.82, 2.24) is 4.98 Å². The third kappa shape index (κ3) is 5.88. The van der Waals surface area contributed by atoms with Crippen LogP contribution >= 0.6 is 0 Å². The summed E-state index contributed by atoms with van der Waals surface area (Å²) in [6, 6.07) is 19.7. The predicted molar refractivity (Wildman–Crippen MR) is 129 cm³/mol. The maximum absolute atomic E-state index is 9.56. The summed E-state index contributed by atoms with van der Waals surface area (Å²) in [6.07, 6.45) is 0.662. The summed E-state index contributed by atoms with van der Waals surface area (Å²) in [5, 5.41) is 7.87. The molecular formula is C27H28N2NiO3-2. The van der Waals surface area contributed by atoms with Crippen molar-refractivity contribution in [3.8, 4) is 28.1 Å². The number of carboxylic acid groups (broad SMARTS) is 1. The van der Waals surface area contributed by atoms with Crippen LogP contribution in [0.5, 0.6) is 5.75 Å². The predicted octanol–water partition coefficient (Wildman–Crippen LogP) is 5.34. The third-order valence-corrected chi connectivity index (χ3v) is 5.61. The van der Waals surface area contributed by atoms with Gasteiger partial charge in [0.2, 0.25) is 0 Å². The topological polar surface area (TPSA) is 62.7 Å². The number of rotatable bonds is 7. The van der Waals surface area contributed by atoms with Gasteiger partial charge in [0, 0.05) is 6.42 Å². The van der Waals surface area contributed by atoms with Gasteiger partial charge in [0.05, 0.1) is 0 Å². The van der Waals surface area contributed by atoms with Crippen LogP contribution in [0, 0.1) is 13.0 Å². The molecule has 1 N–H and O–H groups in total. The van der Waals surface area contributed by atoms with Gasteiger partial charge in [-0.1, -0.05) is 0 Å². The fraction of sp³-hybridized carbons (Fsp3) is 0.259. The van der Waals surface area contributed by atoms with Gasteiger partial charge in [-0.15, -0.1) is 0 Å². The van der Waals surface area contributed by atoms with E-state index in [1.165, 1.54) is 5.69 Å². The van der Waals surface area contributed by atoms with Crippen LogP contribution in [-0.4, -0.2) is 34.1 Å². The number of anilines is 1. The number of pyridine rings is 1. The standard InChI is InChI=1S/C23H21N2O.C4H7O2.Ni/c1-4-25(5-2)19-11-12-20-22(14-19)26-15-18-13-21(16(3)24-23(18)20)17-9-7-6-8-10-17;1-2-3-4(5)6;/h3,6-9,11-14H,4-5,15H2,1-2H3;1-3H2,(H,5,6);/q2*-1;. The Bertz CT molecular complexity index is 1110. The van der Waals surface area contributed by atoms with Gasteiger partial charge in [0.15, 0.2) is 0 Å². The zero-order chi connectivity index (χ0) is 23.8. The minimum Gasteiger partial charge on any atom is -0.481 e.